The van der Waals surface area contributed by atoms with Crippen LogP contribution in [0, 0.1) is 11.8 Å². The highest BCUT2D eigenvalue weighted by atomic mass is 16.2. The summed E-state index contributed by atoms with van der Waals surface area (Å²) in [4.78, 5) is 16.1. The second-order valence-corrected chi connectivity index (χ2v) is 4.35. The number of carbonyl (C=O) groups excluding carboxylic acids is 1. The quantitative estimate of drug-likeness (QED) is 0.782. The normalized spacial score (nSPS) is 9.81. The molecule has 0 aliphatic carbocycles. The van der Waals surface area contributed by atoms with Crippen LogP contribution in [-0.2, 0) is 13.5 Å². The van der Waals surface area contributed by atoms with Gasteiger partial charge in [-0.25, -0.2) is 4.98 Å². The molecule has 6 heteroatoms. The molecule has 2 heterocycles. The Kier molecular flexibility index (Phi) is 5.07. The summed E-state index contributed by atoms with van der Waals surface area (Å²) in [6.45, 7) is 0.217. The second kappa shape index (κ2) is 7.22. The molecule has 2 rings (SSSR count). The van der Waals surface area contributed by atoms with E-state index in [1.807, 2.05) is 19.3 Å². The zero-order valence-electron chi connectivity index (χ0n) is 11.7. The van der Waals surface area contributed by atoms with Gasteiger partial charge in [0.05, 0.1) is 11.3 Å². The molecular formula is C15H16N4O2. The van der Waals surface area contributed by atoms with Crippen molar-refractivity contribution in [3.63, 3.8) is 0 Å². The zero-order valence-corrected chi connectivity index (χ0v) is 11.7. The summed E-state index contributed by atoms with van der Waals surface area (Å²) in [5.41, 5.74) is 1.68. The third-order valence-corrected chi connectivity index (χ3v) is 2.76. The average molecular weight is 284 g/mol. The van der Waals surface area contributed by atoms with Gasteiger partial charge in [-0.1, -0.05) is 11.8 Å². The number of nitrogens with zero attached hydrogens (tertiary/aromatic N) is 3. The molecule has 0 aromatic carbocycles. The van der Waals surface area contributed by atoms with Crippen LogP contribution in [0.4, 0.5) is 0 Å². The first-order valence-electron chi connectivity index (χ1n) is 6.52. The molecule has 2 N–H and O–H groups in total. The fraction of sp³-hybridized carbons (Fsp3) is 0.267. The van der Waals surface area contributed by atoms with E-state index in [0.717, 1.165) is 5.69 Å². The molecule has 108 valence electrons. The SMILES string of the molecule is Cn1ccc(CCNC(=O)c2ncccc2C#CCO)n1. The molecule has 2 aromatic rings. The highest BCUT2D eigenvalue weighted by Crippen LogP contribution is 2.03. The van der Waals surface area contributed by atoms with Gasteiger partial charge < -0.3 is 10.4 Å². The van der Waals surface area contributed by atoms with E-state index < -0.39 is 0 Å². The number of carbonyl (C=O) groups is 1. The predicted octanol–water partition coefficient (Wildman–Crippen LogP) is 0.131. The van der Waals surface area contributed by atoms with Crippen molar-refractivity contribution >= 4 is 5.91 Å². The van der Waals surface area contributed by atoms with Gasteiger partial charge in [0.1, 0.15) is 12.3 Å². The van der Waals surface area contributed by atoms with Crippen LogP contribution in [0.15, 0.2) is 30.6 Å². The second-order valence-electron chi connectivity index (χ2n) is 4.35. The van der Waals surface area contributed by atoms with E-state index in [0.29, 0.717) is 18.5 Å². The van der Waals surface area contributed by atoms with E-state index in [1.54, 1.807) is 16.8 Å². The lowest BCUT2D eigenvalue weighted by atomic mass is 10.2. The molecule has 0 fully saturated rings. The number of pyridine rings is 1. The first kappa shape index (κ1) is 14.8. The van der Waals surface area contributed by atoms with E-state index in [1.165, 1.54) is 6.20 Å². The van der Waals surface area contributed by atoms with Crippen molar-refractivity contribution in [2.45, 2.75) is 6.42 Å². The summed E-state index contributed by atoms with van der Waals surface area (Å²) in [6, 6.07) is 5.31. The van der Waals surface area contributed by atoms with E-state index in [2.05, 4.69) is 27.2 Å². The van der Waals surface area contributed by atoms with Crippen molar-refractivity contribution in [2.75, 3.05) is 13.2 Å². The van der Waals surface area contributed by atoms with Crippen LogP contribution in [0.3, 0.4) is 0 Å². The van der Waals surface area contributed by atoms with Gasteiger partial charge in [0.25, 0.3) is 5.91 Å². The fourth-order valence-corrected chi connectivity index (χ4v) is 1.81. The molecule has 6 nitrogen and oxygen atoms in total. The van der Waals surface area contributed by atoms with Gasteiger partial charge in [0.2, 0.25) is 0 Å². The van der Waals surface area contributed by atoms with Crippen molar-refractivity contribution in [1.82, 2.24) is 20.1 Å². The van der Waals surface area contributed by atoms with E-state index in [4.69, 9.17) is 5.11 Å². The summed E-state index contributed by atoms with van der Waals surface area (Å²) in [5, 5.41) is 15.8. The molecule has 0 unspecified atom stereocenters. The number of aromatic nitrogens is 3. The third-order valence-electron chi connectivity index (χ3n) is 2.76. The van der Waals surface area contributed by atoms with Crippen LogP contribution in [0.5, 0.6) is 0 Å². The standard InChI is InChI=1S/C15H16N4O2/c1-19-10-7-13(18-19)6-9-17-15(21)14-12(5-3-11-20)4-2-8-16-14/h2,4,7-8,10,20H,6,9,11H2,1H3,(H,17,21). The van der Waals surface area contributed by atoms with Gasteiger partial charge in [-0.2, -0.15) is 5.10 Å². The molecule has 0 radical (unpaired) electrons. The zero-order chi connectivity index (χ0) is 15.1. The maximum absolute atomic E-state index is 12.1. The Hall–Kier alpha value is -2.65. The van der Waals surface area contributed by atoms with Crippen molar-refractivity contribution in [1.29, 1.82) is 0 Å². The van der Waals surface area contributed by atoms with Crippen molar-refractivity contribution in [3.8, 4) is 11.8 Å². The number of aliphatic hydroxyl groups is 1. The summed E-state index contributed by atoms with van der Waals surface area (Å²) < 4.78 is 1.72. The molecule has 0 saturated heterocycles. The summed E-state index contributed by atoms with van der Waals surface area (Å²) in [5.74, 6) is 4.95. The Morgan fingerprint density at radius 1 is 1.48 bits per heavy atom. The van der Waals surface area contributed by atoms with Crippen LogP contribution in [0.1, 0.15) is 21.7 Å². The van der Waals surface area contributed by atoms with E-state index in [9.17, 15) is 4.79 Å². The number of nitrogens with one attached hydrogen (secondary N) is 1. The van der Waals surface area contributed by atoms with E-state index >= 15 is 0 Å². The van der Waals surface area contributed by atoms with Gasteiger partial charge in [-0.3, -0.25) is 9.48 Å². The van der Waals surface area contributed by atoms with Crippen LogP contribution in [0.25, 0.3) is 0 Å². The van der Waals surface area contributed by atoms with Gasteiger partial charge in [0, 0.05) is 32.4 Å². The lowest BCUT2D eigenvalue weighted by molar-refractivity contribution is 0.0949. The number of hydrogen-bond acceptors (Lipinski definition) is 4. The predicted molar refractivity (Wildman–Crippen MR) is 77.4 cm³/mol. The third kappa shape index (κ3) is 4.16. The largest absolute Gasteiger partial charge is 0.384 e. The maximum Gasteiger partial charge on any atom is 0.271 e. The Morgan fingerprint density at radius 2 is 2.33 bits per heavy atom. The van der Waals surface area contributed by atoms with Crippen LogP contribution in [0.2, 0.25) is 0 Å². The Labute approximate surface area is 122 Å². The molecule has 0 saturated carbocycles. The Morgan fingerprint density at radius 3 is 3.05 bits per heavy atom. The van der Waals surface area contributed by atoms with Gasteiger partial charge in [0.15, 0.2) is 0 Å². The minimum absolute atomic E-state index is 0.254. The first-order valence-corrected chi connectivity index (χ1v) is 6.52. The minimum Gasteiger partial charge on any atom is -0.384 e. The number of hydrogen-bond donors (Lipinski definition) is 2. The average Bonchev–Trinajstić information content (AvgIpc) is 2.91. The molecular weight excluding hydrogens is 268 g/mol. The smallest absolute Gasteiger partial charge is 0.271 e. The number of aryl methyl sites for hydroxylation is 1. The van der Waals surface area contributed by atoms with Gasteiger partial charge in [-0.15, -0.1) is 0 Å². The monoisotopic (exact) mass is 284 g/mol. The molecule has 2 aromatic heterocycles. The number of aliphatic hydroxyl groups excluding tert-OH is 1. The Bertz CT molecular complexity index is 682. The highest BCUT2D eigenvalue weighted by molar-refractivity contribution is 5.94. The highest BCUT2D eigenvalue weighted by Gasteiger charge is 2.11. The number of rotatable bonds is 4. The van der Waals surface area contributed by atoms with Gasteiger partial charge in [-0.05, 0) is 18.2 Å². The van der Waals surface area contributed by atoms with Crippen LogP contribution >= 0.6 is 0 Å². The fourth-order valence-electron chi connectivity index (χ4n) is 1.81. The Balaban J connectivity index is 1.97. The molecule has 0 spiro atoms. The molecule has 1 amide bonds. The van der Waals surface area contributed by atoms with E-state index in [-0.39, 0.29) is 18.2 Å². The molecule has 0 bridgehead atoms. The van der Waals surface area contributed by atoms with Crippen molar-refractivity contribution in [2.24, 2.45) is 7.05 Å². The maximum atomic E-state index is 12.1. The van der Waals surface area contributed by atoms with Crippen LogP contribution < -0.4 is 5.32 Å². The molecule has 0 aliphatic heterocycles. The van der Waals surface area contributed by atoms with Crippen LogP contribution in [-0.4, -0.2) is 38.9 Å². The minimum atomic E-state index is -0.284. The first-order chi connectivity index (χ1) is 10.2. The lowest BCUT2D eigenvalue weighted by Gasteiger charge is -2.05. The summed E-state index contributed by atoms with van der Waals surface area (Å²) in [7, 11) is 1.85. The summed E-state index contributed by atoms with van der Waals surface area (Å²) >= 11 is 0. The van der Waals surface area contributed by atoms with Crippen molar-refractivity contribution in [3.05, 3.63) is 47.5 Å². The van der Waals surface area contributed by atoms with Crippen molar-refractivity contribution < 1.29 is 9.90 Å². The topological polar surface area (TPSA) is 80.0 Å². The molecule has 0 atom stereocenters. The number of amides is 1. The lowest BCUT2D eigenvalue weighted by Crippen LogP contribution is -2.27. The molecule has 0 aliphatic rings. The van der Waals surface area contributed by atoms with Gasteiger partial charge >= 0.3 is 0 Å². The molecule has 21 heavy (non-hydrogen) atoms. The summed E-state index contributed by atoms with van der Waals surface area (Å²) in [6.07, 6.45) is 4.05.